The number of carbonyl (C=O) groups excluding carboxylic acids is 1. The van der Waals surface area contributed by atoms with Crippen LogP contribution in [-0.4, -0.2) is 27.8 Å². The van der Waals surface area contributed by atoms with Gasteiger partial charge < -0.3 is 14.5 Å². The first-order valence-corrected chi connectivity index (χ1v) is 8.70. The van der Waals surface area contributed by atoms with Gasteiger partial charge in [0.1, 0.15) is 17.1 Å². The highest BCUT2D eigenvalue weighted by atomic mass is 16.5. The summed E-state index contributed by atoms with van der Waals surface area (Å²) in [7, 11) is 1.61. The molecule has 0 aliphatic carbocycles. The Morgan fingerprint density at radius 3 is 2.71 bits per heavy atom. The van der Waals surface area contributed by atoms with Crippen molar-refractivity contribution in [1.82, 2.24) is 20.1 Å². The van der Waals surface area contributed by atoms with E-state index in [0.717, 1.165) is 17.0 Å². The molecule has 0 unspecified atom stereocenters. The van der Waals surface area contributed by atoms with E-state index < -0.39 is 0 Å². The minimum absolute atomic E-state index is 0.245. The van der Waals surface area contributed by atoms with Crippen molar-refractivity contribution in [3.8, 4) is 22.9 Å². The third-order valence-corrected chi connectivity index (χ3v) is 4.21. The Bertz CT molecular complexity index is 1060. The van der Waals surface area contributed by atoms with E-state index in [9.17, 15) is 4.79 Å². The molecule has 0 spiro atoms. The monoisotopic (exact) mass is 374 g/mol. The van der Waals surface area contributed by atoms with Gasteiger partial charge in [0.05, 0.1) is 19.1 Å². The lowest BCUT2D eigenvalue weighted by atomic mass is 10.2. The lowest BCUT2D eigenvalue weighted by molar-refractivity contribution is 0.0943. The number of furan rings is 1. The van der Waals surface area contributed by atoms with Gasteiger partial charge in [0.25, 0.3) is 5.91 Å². The number of hydrogen-bond donors (Lipinski definition) is 1. The fourth-order valence-electron chi connectivity index (χ4n) is 2.78. The summed E-state index contributed by atoms with van der Waals surface area (Å²) >= 11 is 0. The van der Waals surface area contributed by atoms with Crippen LogP contribution in [0.25, 0.3) is 17.1 Å². The first-order chi connectivity index (χ1) is 13.7. The van der Waals surface area contributed by atoms with E-state index >= 15 is 0 Å². The number of benzene rings is 1. The quantitative estimate of drug-likeness (QED) is 0.559. The average Bonchev–Trinajstić information content (AvgIpc) is 3.43. The third kappa shape index (κ3) is 3.64. The summed E-state index contributed by atoms with van der Waals surface area (Å²) in [6.07, 6.45) is 4.99. The summed E-state index contributed by atoms with van der Waals surface area (Å²) in [6, 6.07) is 16.4. The zero-order chi connectivity index (χ0) is 19.3. The summed E-state index contributed by atoms with van der Waals surface area (Å²) in [6.45, 7) is 0.372. The molecule has 0 bridgehead atoms. The second kappa shape index (κ2) is 7.79. The predicted octanol–water partition coefficient (Wildman–Crippen LogP) is 3.47. The fraction of sp³-hybridized carbons (Fsp3) is 0.0952. The molecule has 3 aromatic heterocycles. The van der Waals surface area contributed by atoms with Crippen LogP contribution in [0, 0.1) is 0 Å². The van der Waals surface area contributed by atoms with Crippen LogP contribution in [0.15, 0.2) is 77.7 Å². The number of carbonyl (C=O) groups is 1. The SMILES string of the molecule is COc1ccc(-n2nc(-c3ccco3)cc2C(=O)NCc2cccnc2)cc1. The molecule has 0 radical (unpaired) electrons. The Morgan fingerprint density at radius 2 is 2.04 bits per heavy atom. The number of methoxy groups -OCH3 is 1. The van der Waals surface area contributed by atoms with Gasteiger partial charge in [-0.2, -0.15) is 5.10 Å². The van der Waals surface area contributed by atoms with Crippen LogP contribution >= 0.6 is 0 Å². The topological polar surface area (TPSA) is 82.2 Å². The summed E-state index contributed by atoms with van der Waals surface area (Å²) in [5.74, 6) is 1.07. The second-order valence-electron chi connectivity index (χ2n) is 6.05. The van der Waals surface area contributed by atoms with Crippen molar-refractivity contribution in [2.75, 3.05) is 7.11 Å². The van der Waals surface area contributed by atoms with Crippen LogP contribution in [0.1, 0.15) is 16.1 Å². The first-order valence-electron chi connectivity index (χ1n) is 8.70. The minimum Gasteiger partial charge on any atom is -0.497 e. The number of aromatic nitrogens is 3. The lowest BCUT2D eigenvalue weighted by Gasteiger charge is -2.09. The molecule has 0 atom stereocenters. The maximum Gasteiger partial charge on any atom is 0.270 e. The maximum absolute atomic E-state index is 12.9. The Kier molecular flexibility index (Phi) is 4.88. The standard InChI is InChI=1S/C21H18N4O3/c1-27-17-8-6-16(7-9-17)25-19(12-18(24-25)20-5-3-11-28-20)21(26)23-14-15-4-2-10-22-13-15/h2-13H,14H2,1H3,(H,23,26). The number of rotatable bonds is 6. The van der Waals surface area contributed by atoms with Gasteiger partial charge in [-0.05, 0) is 48.0 Å². The Hall–Kier alpha value is -3.87. The molecule has 1 amide bonds. The molecule has 0 saturated heterocycles. The zero-order valence-corrected chi connectivity index (χ0v) is 15.2. The molecule has 0 aliphatic heterocycles. The van der Waals surface area contributed by atoms with E-state index in [1.54, 1.807) is 48.6 Å². The number of pyridine rings is 1. The molecule has 1 N–H and O–H groups in total. The molecular formula is C21H18N4O3. The van der Waals surface area contributed by atoms with Gasteiger partial charge in [-0.1, -0.05) is 6.07 Å². The highest BCUT2D eigenvalue weighted by molar-refractivity contribution is 5.94. The predicted molar refractivity (Wildman–Crippen MR) is 103 cm³/mol. The highest BCUT2D eigenvalue weighted by Gasteiger charge is 2.18. The van der Waals surface area contributed by atoms with Crippen molar-refractivity contribution in [3.63, 3.8) is 0 Å². The summed E-state index contributed by atoms with van der Waals surface area (Å²) in [5.41, 5.74) is 2.63. The van der Waals surface area contributed by atoms with E-state index in [1.165, 1.54) is 0 Å². The molecule has 7 heteroatoms. The fourth-order valence-corrected chi connectivity index (χ4v) is 2.78. The summed E-state index contributed by atoms with van der Waals surface area (Å²) in [5, 5.41) is 7.47. The normalized spacial score (nSPS) is 10.6. The zero-order valence-electron chi connectivity index (χ0n) is 15.2. The number of nitrogens with one attached hydrogen (secondary N) is 1. The molecule has 4 aromatic rings. The first kappa shape index (κ1) is 17.5. The summed E-state index contributed by atoms with van der Waals surface area (Å²) in [4.78, 5) is 16.9. The minimum atomic E-state index is -0.245. The Labute approximate surface area is 161 Å². The number of ether oxygens (including phenoxy) is 1. The Morgan fingerprint density at radius 1 is 1.18 bits per heavy atom. The van der Waals surface area contributed by atoms with Gasteiger partial charge in [0.2, 0.25) is 0 Å². The van der Waals surface area contributed by atoms with E-state index in [1.807, 2.05) is 36.4 Å². The van der Waals surface area contributed by atoms with Crippen LogP contribution < -0.4 is 10.1 Å². The van der Waals surface area contributed by atoms with Crippen molar-refractivity contribution in [1.29, 1.82) is 0 Å². The molecule has 0 aliphatic rings. The largest absolute Gasteiger partial charge is 0.497 e. The van der Waals surface area contributed by atoms with Crippen LogP contribution in [0.5, 0.6) is 5.75 Å². The summed E-state index contributed by atoms with van der Waals surface area (Å²) < 4.78 is 12.2. The molecule has 7 nitrogen and oxygen atoms in total. The molecule has 28 heavy (non-hydrogen) atoms. The molecule has 3 heterocycles. The smallest absolute Gasteiger partial charge is 0.270 e. The third-order valence-electron chi connectivity index (χ3n) is 4.21. The van der Waals surface area contributed by atoms with E-state index in [2.05, 4.69) is 15.4 Å². The van der Waals surface area contributed by atoms with Gasteiger partial charge in [-0.15, -0.1) is 0 Å². The van der Waals surface area contributed by atoms with Gasteiger partial charge in [0.15, 0.2) is 5.76 Å². The van der Waals surface area contributed by atoms with Gasteiger partial charge in [-0.3, -0.25) is 9.78 Å². The average molecular weight is 374 g/mol. The highest BCUT2D eigenvalue weighted by Crippen LogP contribution is 2.23. The molecule has 140 valence electrons. The van der Waals surface area contributed by atoms with Crippen molar-refractivity contribution in [2.24, 2.45) is 0 Å². The molecular weight excluding hydrogens is 356 g/mol. The number of nitrogens with zero attached hydrogens (tertiary/aromatic N) is 3. The molecule has 0 fully saturated rings. The van der Waals surface area contributed by atoms with Gasteiger partial charge >= 0.3 is 0 Å². The van der Waals surface area contributed by atoms with E-state index in [4.69, 9.17) is 9.15 Å². The van der Waals surface area contributed by atoms with Gasteiger partial charge in [-0.25, -0.2) is 4.68 Å². The molecule has 4 rings (SSSR count). The van der Waals surface area contributed by atoms with Crippen molar-refractivity contribution in [3.05, 3.63) is 84.5 Å². The van der Waals surface area contributed by atoms with Crippen molar-refractivity contribution < 1.29 is 13.9 Å². The number of hydrogen-bond acceptors (Lipinski definition) is 5. The van der Waals surface area contributed by atoms with Crippen LogP contribution in [0.3, 0.4) is 0 Å². The number of amides is 1. The van der Waals surface area contributed by atoms with Crippen LogP contribution in [0.4, 0.5) is 0 Å². The lowest BCUT2D eigenvalue weighted by Crippen LogP contribution is -2.25. The second-order valence-corrected chi connectivity index (χ2v) is 6.05. The van der Waals surface area contributed by atoms with Crippen molar-refractivity contribution >= 4 is 5.91 Å². The molecule has 0 saturated carbocycles. The molecule has 1 aromatic carbocycles. The van der Waals surface area contributed by atoms with Crippen LogP contribution in [0.2, 0.25) is 0 Å². The Balaban J connectivity index is 1.66. The van der Waals surface area contributed by atoms with Crippen LogP contribution in [-0.2, 0) is 6.54 Å². The van der Waals surface area contributed by atoms with E-state index in [0.29, 0.717) is 23.7 Å². The van der Waals surface area contributed by atoms with Crippen molar-refractivity contribution in [2.45, 2.75) is 6.54 Å². The van der Waals surface area contributed by atoms with Gasteiger partial charge in [0, 0.05) is 25.0 Å². The van der Waals surface area contributed by atoms with E-state index in [-0.39, 0.29) is 5.91 Å². The maximum atomic E-state index is 12.9.